The van der Waals surface area contributed by atoms with E-state index in [-0.39, 0.29) is 10.7 Å². The van der Waals surface area contributed by atoms with E-state index < -0.39 is 11.7 Å². The first-order valence-electron chi connectivity index (χ1n) is 5.12. The van der Waals surface area contributed by atoms with Gasteiger partial charge in [-0.3, -0.25) is 4.79 Å². The molecule has 2 aromatic rings. The first-order chi connectivity index (χ1) is 8.56. The Morgan fingerprint density at radius 1 is 1.44 bits per heavy atom. The number of hydrogen-bond acceptors (Lipinski definition) is 3. The van der Waals surface area contributed by atoms with Gasteiger partial charge in [-0.2, -0.15) is 0 Å². The maximum Gasteiger partial charge on any atom is 0.260 e. The van der Waals surface area contributed by atoms with Gasteiger partial charge in [0.25, 0.3) is 5.91 Å². The van der Waals surface area contributed by atoms with Gasteiger partial charge in [-0.1, -0.05) is 17.7 Å². The molecule has 0 fully saturated rings. The number of amides is 1. The van der Waals surface area contributed by atoms with Crippen LogP contribution in [0.2, 0.25) is 5.15 Å². The normalized spacial score (nSPS) is 10.2. The Bertz CT molecular complexity index is 604. The second-order valence-corrected chi connectivity index (χ2v) is 3.97. The maximum atomic E-state index is 13.0. The Morgan fingerprint density at radius 2 is 2.22 bits per heavy atom. The summed E-state index contributed by atoms with van der Waals surface area (Å²) in [5.41, 5.74) is 0.733. The highest BCUT2D eigenvalue weighted by atomic mass is 35.5. The summed E-state index contributed by atoms with van der Waals surface area (Å²) in [5.74, 6) is -0.799. The molecule has 0 bridgehead atoms. The average Bonchev–Trinajstić information content (AvgIpc) is 2.32. The van der Waals surface area contributed by atoms with Crippen LogP contribution in [0.4, 0.5) is 10.2 Å². The van der Waals surface area contributed by atoms with E-state index >= 15 is 0 Å². The molecule has 2 rings (SSSR count). The molecule has 0 saturated carbocycles. The highest BCUT2D eigenvalue weighted by Crippen LogP contribution is 2.15. The van der Waals surface area contributed by atoms with E-state index in [1.165, 1.54) is 0 Å². The number of nitrogens with one attached hydrogen (secondary N) is 1. The molecule has 1 N–H and O–H groups in total. The lowest BCUT2D eigenvalue weighted by molar-refractivity contribution is 0.102. The van der Waals surface area contributed by atoms with Gasteiger partial charge in [0.15, 0.2) is 0 Å². The molecule has 0 aromatic carbocycles. The third kappa shape index (κ3) is 2.81. The Kier molecular flexibility index (Phi) is 3.53. The molecule has 0 saturated heterocycles. The van der Waals surface area contributed by atoms with Crippen molar-refractivity contribution in [3.8, 4) is 0 Å². The van der Waals surface area contributed by atoms with Crippen molar-refractivity contribution < 1.29 is 9.18 Å². The number of carbonyl (C=O) groups is 1. The Labute approximate surface area is 108 Å². The number of hydrogen-bond donors (Lipinski definition) is 1. The fourth-order valence-electron chi connectivity index (χ4n) is 1.38. The van der Waals surface area contributed by atoms with Crippen LogP contribution >= 0.6 is 11.6 Å². The molecule has 18 heavy (non-hydrogen) atoms. The van der Waals surface area contributed by atoms with Crippen LogP contribution in [0.3, 0.4) is 0 Å². The van der Waals surface area contributed by atoms with Crippen molar-refractivity contribution in [3.05, 3.63) is 52.7 Å². The Balaban J connectivity index is 2.24. The van der Waals surface area contributed by atoms with Crippen molar-refractivity contribution in [3.63, 3.8) is 0 Å². The summed E-state index contributed by atoms with van der Waals surface area (Å²) in [6.45, 7) is 1.80. The highest BCUT2D eigenvalue weighted by Gasteiger charge is 2.13. The zero-order valence-corrected chi connectivity index (χ0v) is 10.2. The van der Waals surface area contributed by atoms with Crippen LogP contribution in [0.15, 0.2) is 30.5 Å². The number of aromatic nitrogens is 2. The summed E-state index contributed by atoms with van der Waals surface area (Å²) in [6, 6.07) is 6.21. The van der Waals surface area contributed by atoms with Crippen LogP contribution in [0.25, 0.3) is 0 Å². The fourth-order valence-corrected chi connectivity index (χ4v) is 1.57. The van der Waals surface area contributed by atoms with Gasteiger partial charge in [0.1, 0.15) is 16.8 Å². The number of aryl methyl sites for hydroxylation is 1. The molecule has 0 aliphatic rings. The summed E-state index contributed by atoms with van der Waals surface area (Å²) in [4.78, 5) is 19.5. The minimum absolute atomic E-state index is 0.0278. The zero-order chi connectivity index (χ0) is 13.1. The van der Waals surface area contributed by atoms with E-state index in [4.69, 9.17) is 11.6 Å². The van der Waals surface area contributed by atoms with Gasteiger partial charge in [-0.15, -0.1) is 0 Å². The van der Waals surface area contributed by atoms with Crippen LogP contribution in [-0.4, -0.2) is 15.9 Å². The second kappa shape index (κ2) is 5.10. The quantitative estimate of drug-likeness (QED) is 0.850. The van der Waals surface area contributed by atoms with Crippen LogP contribution in [-0.2, 0) is 0 Å². The molecule has 92 valence electrons. The molecule has 2 heterocycles. The van der Waals surface area contributed by atoms with Crippen molar-refractivity contribution >= 4 is 23.3 Å². The van der Waals surface area contributed by atoms with Gasteiger partial charge < -0.3 is 5.32 Å². The Morgan fingerprint density at radius 3 is 2.94 bits per heavy atom. The molecule has 0 unspecified atom stereocenters. The largest absolute Gasteiger partial charge is 0.306 e. The summed E-state index contributed by atoms with van der Waals surface area (Å²) in [7, 11) is 0. The lowest BCUT2D eigenvalue weighted by Crippen LogP contribution is -2.14. The van der Waals surface area contributed by atoms with Crippen molar-refractivity contribution in [1.82, 2.24) is 9.97 Å². The van der Waals surface area contributed by atoms with Crippen LogP contribution in [0.5, 0.6) is 0 Å². The molecule has 0 spiro atoms. The van der Waals surface area contributed by atoms with E-state index in [0.29, 0.717) is 5.82 Å². The van der Waals surface area contributed by atoms with Gasteiger partial charge in [-0.05, 0) is 25.1 Å². The van der Waals surface area contributed by atoms with Gasteiger partial charge in [0.05, 0.1) is 11.8 Å². The first kappa shape index (κ1) is 12.4. The van der Waals surface area contributed by atoms with Crippen molar-refractivity contribution in [2.24, 2.45) is 0 Å². The first-order valence-corrected chi connectivity index (χ1v) is 5.50. The van der Waals surface area contributed by atoms with Gasteiger partial charge in [0, 0.05) is 5.69 Å². The monoisotopic (exact) mass is 265 g/mol. The molecule has 1 amide bonds. The Hall–Kier alpha value is -2.01. The summed E-state index contributed by atoms with van der Waals surface area (Å²) < 4.78 is 13.0. The molecule has 0 radical (unpaired) electrons. The molecule has 0 aliphatic heterocycles. The number of pyridine rings is 2. The summed E-state index contributed by atoms with van der Waals surface area (Å²) >= 11 is 5.73. The molecule has 4 nitrogen and oxygen atoms in total. The maximum absolute atomic E-state index is 13.0. The average molecular weight is 266 g/mol. The third-order valence-corrected chi connectivity index (χ3v) is 2.48. The van der Waals surface area contributed by atoms with E-state index in [1.54, 1.807) is 25.1 Å². The van der Waals surface area contributed by atoms with E-state index in [9.17, 15) is 9.18 Å². The minimum Gasteiger partial charge on any atom is -0.306 e. The zero-order valence-electron chi connectivity index (χ0n) is 9.45. The van der Waals surface area contributed by atoms with Crippen LogP contribution < -0.4 is 5.32 Å². The predicted octanol–water partition coefficient (Wildman–Crippen LogP) is 2.83. The molecule has 6 heteroatoms. The fraction of sp³-hybridized carbons (Fsp3) is 0.0833. The number of anilines is 1. The molecule has 2 aromatic heterocycles. The number of carbonyl (C=O) groups excluding carboxylic acids is 1. The lowest BCUT2D eigenvalue weighted by atomic mass is 10.2. The highest BCUT2D eigenvalue weighted by molar-refractivity contribution is 6.33. The van der Waals surface area contributed by atoms with Crippen LogP contribution in [0, 0.1) is 12.7 Å². The number of halogens is 2. The number of nitrogens with zero attached hydrogens (tertiary/aromatic N) is 2. The molecule has 0 aliphatic carbocycles. The van der Waals surface area contributed by atoms with Crippen molar-refractivity contribution in [2.45, 2.75) is 6.92 Å². The van der Waals surface area contributed by atoms with Crippen molar-refractivity contribution in [1.29, 1.82) is 0 Å². The minimum atomic E-state index is -0.623. The van der Waals surface area contributed by atoms with E-state index in [1.807, 2.05) is 0 Å². The van der Waals surface area contributed by atoms with Gasteiger partial charge in [0.2, 0.25) is 0 Å². The lowest BCUT2D eigenvalue weighted by Gasteiger charge is -2.06. The van der Waals surface area contributed by atoms with Gasteiger partial charge in [-0.25, -0.2) is 14.4 Å². The van der Waals surface area contributed by atoms with Gasteiger partial charge >= 0.3 is 0 Å². The third-order valence-electron chi connectivity index (χ3n) is 2.18. The standard InChI is InChI=1S/C12H9ClFN3O/c1-7-3-2-4-10(16-7)17-12(18)9-5-8(14)6-15-11(9)13/h2-6H,1H3,(H,16,17,18). The molecular formula is C12H9ClFN3O. The van der Waals surface area contributed by atoms with Crippen molar-refractivity contribution in [2.75, 3.05) is 5.32 Å². The second-order valence-electron chi connectivity index (χ2n) is 3.61. The number of rotatable bonds is 2. The summed E-state index contributed by atoms with van der Waals surface area (Å²) in [5, 5.41) is 2.47. The summed E-state index contributed by atoms with van der Waals surface area (Å²) in [6.07, 6.45) is 0.948. The smallest absolute Gasteiger partial charge is 0.260 e. The molecule has 0 atom stereocenters. The van der Waals surface area contributed by atoms with Crippen LogP contribution in [0.1, 0.15) is 16.1 Å². The topological polar surface area (TPSA) is 54.9 Å². The van der Waals surface area contributed by atoms with E-state index in [0.717, 1.165) is 18.0 Å². The SMILES string of the molecule is Cc1cccc(NC(=O)c2cc(F)cnc2Cl)n1. The predicted molar refractivity (Wildman–Crippen MR) is 66.1 cm³/mol. The molecular weight excluding hydrogens is 257 g/mol. The van der Waals surface area contributed by atoms with E-state index in [2.05, 4.69) is 15.3 Å².